The van der Waals surface area contributed by atoms with E-state index in [0.29, 0.717) is 5.92 Å². The quantitative estimate of drug-likeness (QED) is 0.669. The summed E-state index contributed by atoms with van der Waals surface area (Å²) < 4.78 is 0. The topological polar surface area (TPSA) is 40.5 Å². The van der Waals surface area contributed by atoms with Gasteiger partial charge in [0, 0.05) is 6.61 Å². The zero-order valence-corrected chi connectivity index (χ0v) is 9.34. The lowest BCUT2D eigenvalue weighted by Gasteiger charge is -2.38. The first-order valence-electron chi connectivity index (χ1n) is 6.02. The highest BCUT2D eigenvalue weighted by atomic mass is 16.3. The van der Waals surface area contributed by atoms with Crippen LogP contribution in [0, 0.1) is 5.92 Å². The van der Waals surface area contributed by atoms with Crippen LogP contribution in [0.3, 0.4) is 0 Å². The van der Waals surface area contributed by atoms with Crippen LogP contribution in [0.4, 0.5) is 0 Å². The van der Waals surface area contributed by atoms with Gasteiger partial charge in [0.05, 0.1) is 5.60 Å². The molecular weight excluding hydrogens is 176 g/mol. The fourth-order valence-electron chi connectivity index (χ4n) is 2.49. The molecule has 2 nitrogen and oxygen atoms in total. The fraction of sp³-hybridized carbons (Fsp3) is 1.00. The van der Waals surface area contributed by atoms with Gasteiger partial charge in [-0.1, -0.05) is 32.6 Å². The zero-order valence-electron chi connectivity index (χ0n) is 9.34. The monoisotopic (exact) mass is 200 g/mol. The summed E-state index contributed by atoms with van der Waals surface area (Å²) in [6, 6.07) is 0. The van der Waals surface area contributed by atoms with Crippen LogP contribution in [-0.2, 0) is 0 Å². The maximum Gasteiger partial charge on any atom is 0.0673 e. The molecule has 1 saturated carbocycles. The first kappa shape index (κ1) is 12.0. The number of hydrogen-bond donors (Lipinski definition) is 2. The Hall–Kier alpha value is -0.0800. The predicted octanol–water partition coefficient (Wildman–Crippen LogP) is 2.48. The third kappa shape index (κ3) is 3.25. The van der Waals surface area contributed by atoms with E-state index >= 15 is 0 Å². The Labute approximate surface area is 87.3 Å². The standard InChI is InChI=1S/C12H24O2/c1-11-7-3-5-9-12(11,14)8-4-2-6-10-13/h11,13-14H,2-10H2,1H3. The molecule has 0 spiro atoms. The lowest BCUT2D eigenvalue weighted by molar-refractivity contribution is -0.0497. The molecule has 1 aliphatic rings. The molecule has 2 unspecified atom stereocenters. The number of rotatable bonds is 5. The van der Waals surface area contributed by atoms with Gasteiger partial charge in [-0.3, -0.25) is 0 Å². The number of unbranched alkanes of at least 4 members (excludes halogenated alkanes) is 2. The van der Waals surface area contributed by atoms with Crippen molar-refractivity contribution < 1.29 is 10.2 Å². The number of hydrogen-bond acceptors (Lipinski definition) is 2. The second kappa shape index (κ2) is 5.72. The van der Waals surface area contributed by atoms with E-state index in [-0.39, 0.29) is 6.61 Å². The normalized spacial score (nSPS) is 33.2. The molecular formula is C12H24O2. The number of aliphatic hydroxyl groups excluding tert-OH is 1. The molecule has 14 heavy (non-hydrogen) atoms. The summed E-state index contributed by atoms with van der Waals surface area (Å²) in [4.78, 5) is 0. The smallest absolute Gasteiger partial charge is 0.0673 e. The summed E-state index contributed by atoms with van der Waals surface area (Å²) in [7, 11) is 0. The predicted molar refractivity (Wildman–Crippen MR) is 58.1 cm³/mol. The van der Waals surface area contributed by atoms with Crippen LogP contribution >= 0.6 is 0 Å². The Morgan fingerprint density at radius 1 is 1.21 bits per heavy atom. The fourth-order valence-corrected chi connectivity index (χ4v) is 2.49. The van der Waals surface area contributed by atoms with Crippen LogP contribution in [0.2, 0.25) is 0 Å². The van der Waals surface area contributed by atoms with Crippen molar-refractivity contribution in [3.8, 4) is 0 Å². The van der Waals surface area contributed by atoms with E-state index in [1.165, 1.54) is 19.3 Å². The van der Waals surface area contributed by atoms with Crippen LogP contribution < -0.4 is 0 Å². The minimum absolute atomic E-state index is 0.286. The van der Waals surface area contributed by atoms with Gasteiger partial charge >= 0.3 is 0 Å². The van der Waals surface area contributed by atoms with E-state index < -0.39 is 5.60 Å². The molecule has 2 N–H and O–H groups in total. The van der Waals surface area contributed by atoms with Crippen LogP contribution in [0.25, 0.3) is 0 Å². The van der Waals surface area contributed by atoms with Gasteiger partial charge in [0.1, 0.15) is 0 Å². The summed E-state index contributed by atoms with van der Waals surface area (Å²) in [6.45, 7) is 2.46. The van der Waals surface area contributed by atoms with Gasteiger partial charge in [0.25, 0.3) is 0 Å². The van der Waals surface area contributed by atoms with Crippen molar-refractivity contribution >= 4 is 0 Å². The van der Waals surface area contributed by atoms with Crippen molar-refractivity contribution in [2.45, 2.75) is 63.9 Å². The lowest BCUT2D eigenvalue weighted by Crippen LogP contribution is -2.39. The van der Waals surface area contributed by atoms with E-state index in [0.717, 1.165) is 32.1 Å². The average Bonchev–Trinajstić information content (AvgIpc) is 2.18. The van der Waals surface area contributed by atoms with Crippen molar-refractivity contribution in [3.05, 3.63) is 0 Å². The van der Waals surface area contributed by atoms with Crippen LogP contribution in [-0.4, -0.2) is 22.4 Å². The third-order valence-electron chi connectivity index (χ3n) is 3.68. The molecule has 2 heteroatoms. The van der Waals surface area contributed by atoms with E-state index in [1.54, 1.807) is 0 Å². The molecule has 0 bridgehead atoms. The average molecular weight is 200 g/mol. The molecule has 0 aliphatic heterocycles. The summed E-state index contributed by atoms with van der Waals surface area (Å²) in [5.74, 6) is 0.463. The summed E-state index contributed by atoms with van der Waals surface area (Å²) in [5.41, 5.74) is -0.395. The van der Waals surface area contributed by atoms with Gasteiger partial charge in [-0.25, -0.2) is 0 Å². The third-order valence-corrected chi connectivity index (χ3v) is 3.68. The molecule has 1 aliphatic carbocycles. The minimum atomic E-state index is -0.395. The summed E-state index contributed by atoms with van der Waals surface area (Å²) in [5, 5.41) is 19.0. The molecule has 0 aromatic carbocycles. The number of aliphatic hydroxyl groups is 2. The SMILES string of the molecule is CC1CCCCC1(O)CCCCCO. The molecule has 1 rings (SSSR count). The highest BCUT2D eigenvalue weighted by Crippen LogP contribution is 2.37. The zero-order chi connectivity index (χ0) is 10.4. The van der Waals surface area contributed by atoms with Crippen molar-refractivity contribution in [3.63, 3.8) is 0 Å². The van der Waals surface area contributed by atoms with Gasteiger partial charge < -0.3 is 10.2 Å². The van der Waals surface area contributed by atoms with Crippen LogP contribution in [0.15, 0.2) is 0 Å². The first-order valence-corrected chi connectivity index (χ1v) is 6.02. The molecule has 0 heterocycles. The van der Waals surface area contributed by atoms with Crippen LogP contribution in [0.1, 0.15) is 58.3 Å². The Bertz CT molecular complexity index is 158. The molecule has 84 valence electrons. The Kier molecular flexibility index (Phi) is 4.90. The highest BCUT2D eigenvalue weighted by Gasteiger charge is 2.34. The second-order valence-electron chi connectivity index (χ2n) is 4.78. The largest absolute Gasteiger partial charge is 0.396 e. The van der Waals surface area contributed by atoms with Gasteiger partial charge in [-0.2, -0.15) is 0 Å². The summed E-state index contributed by atoms with van der Waals surface area (Å²) in [6.07, 6.45) is 8.52. The Balaban J connectivity index is 2.25. The molecule has 0 saturated heterocycles. The van der Waals surface area contributed by atoms with Gasteiger partial charge in [-0.15, -0.1) is 0 Å². The summed E-state index contributed by atoms with van der Waals surface area (Å²) >= 11 is 0. The highest BCUT2D eigenvalue weighted by molar-refractivity contribution is 4.87. The molecule has 0 aromatic heterocycles. The van der Waals surface area contributed by atoms with Gasteiger partial charge in [0.2, 0.25) is 0 Å². The molecule has 0 amide bonds. The van der Waals surface area contributed by atoms with Gasteiger partial charge in [-0.05, 0) is 31.6 Å². The molecule has 2 atom stereocenters. The second-order valence-corrected chi connectivity index (χ2v) is 4.78. The van der Waals surface area contributed by atoms with E-state index in [1.807, 2.05) is 0 Å². The van der Waals surface area contributed by atoms with Crippen LogP contribution in [0.5, 0.6) is 0 Å². The van der Waals surface area contributed by atoms with E-state index in [4.69, 9.17) is 5.11 Å². The Morgan fingerprint density at radius 2 is 2.00 bits per heavy atom. The minimum Gasteiger partial charge on any atom is -0.396 e. The first-order chi connectivity index (χ1) is 6.69. The van der Waals surface area contributed by atoms with Crippen molar-refractivity contribution in [2.75, 3.05) is 6.61 Å². The maximum atomic E-state index is 10.4. The van der Waals surface area contributed by atoms with E-state index in [2.05, 4.69) is 6.92 Å². The lowest BCUT2D eigenvalue weighted by atomic mass is 9.74. The van der Waals surface area contributed by atoms with Gasteiger partial charge in [0.15, 0.2) is 0 Å². The molecule has 0 aromatic rings. The Morgan fingerprint density at radius 3 is 2.64 bits per heavy atom. The molecule has 0 radical (unpaired) electrons. The molecule has 1 fully saturated rings. The van der Waals surface area contributed by atoms with Crippen molar-refractivity contribution in [1.29, 1.82) is 0 Å². The van der Waals surface area contributed by atoms with Crippen molar-refractivity contribution in [2.24, 2.45) is 5.92 Å². The van der Waals surface area contributed by atoms with Crippen molar-refractivity contribution in [1.82, 2.24) is 0 Å². The van der Waals surface area contributed by atoms with E-state index in [9.17, 15) is 5.11 Å². The maximum absolute atomic E-state index is 10.4.